The summed E-state index contributed by atoms with van der Waals surface area (Å²) >= 11 is 0. The number of carbonyl (C=O) groups is 1. The van der Waals surface area contributed by atoms with Gasteiger partial charge in [0.2, 0.25) is 0 Å². The first-order chi connectivity index (χ1) is 10.2. The summed E-state index contributed by atoms with van der Waals surface area (Å²) in [5, 5.41) is 3.39. The maximum atomic E-state index is 12.5. The fourth-order valence-corrected chi connectivity index (χ4v) is 2.73. The van der Waals surface area contributed by atoms with Crippen LogP contribution in [-0.4, -0.2) is 43.6 Å². The Morgan fingerprint density at radius 2 is 1.90 bits per heavy atom. The predicted molar refractivity (Wildman–Crippen MR) is 84.8 cm³/mol. The van der Waals surface area contributed by atoms with Crippen LogP contribution < -0.4 is 10.1 Å². The highest BCUT2D eigenvalue weighted by atomic mass is 16.5. The molecule has 1 N–H and O–H groups in total. The Bertz CT molecular complexity index is 437. The molecule has 4 nitrogen and oxygen atoms in total. The van der Waals surface area contributed by atoms with Crippen LogP contribution >= 0.6 is 0 Å². The van der Waals surface area contributed by atoms with Gasteiger partial charge < -0.3 is 15.0 Å². The molecule has 1 fully saturated rings. The van der Waals surface area contributed by atoms with Crippen LogP contribution in [0, 0.1) is 5.92 Å². The SMILES string of the molecule is CCNCC1CCN(C(=O)c2ccc(OCC)cc2)CC1. The smallest absolute Gasteiger partial charge is 0.253 e. The first-order valence-corrected chi connectivity index (χ1v) is 7.97. The molecule has 4 heteroatoms. The molecule has 2 rings (SSSR count). The second kappa shape index (κ2) is 8.03. The Hall–Kier alpha value is -1.55. The van der Waals surface area contributed by atoms with E-state index in [1.54, 1.807) is 0 Å². The van der Waals surface area contributed by atoms with Gasteiger partial charge in [0.1, 0.15) is 5.75 Å². The van der Waals surface area contributed by atoms with Crippen LogP contribution in [0.2, 0.25) is 0 Å². The molecular weight excluding hydrogens is 264 g/mol. The molecule has 1 aromatic carbocycles. The van der Waals surface area contributed by atoms with Crippen molar-refractivity contribution in [2.45, 2.75) is 26.7 Å². The van der Waals surface area contributed by atoms with Crippen molar-refractivity contribution < 1.29 is 9.53 Å². The highest BCUT2D eigenvalue weighted by molar-refractivity contribution is 5.94. The van der Waals surface area contributed by atoms with Crippen molar-refractivity contribution >= 4 is 5.91 Å². The van der Waals surface area contributed by atoms with E-state index < -0.39 is 0 Å². The van der Waals surface area contributed by atoms with E-state index in [0.717, 1.165) is 50.3 Å². The lowest BCUT2D eigenvalue weighted by Gasteiger charge is -2.32. The average molecular weight is 290 g/mol. The van der Waals surface area contributed by atoms with Crippen molar-refractivity contribution in [2.75, 3.05) is 32.8 Å². The van der Waals surface area contributed by atoms with Gasteiger partial charge >= 0.3 is 0 Å². The van der Waals surface area contributed by atoms with E-state index >= 15 is 0 Å². The van der Waals surface area contributed by atoms with Crippen molar-refractivity contribution in [2.24, 2.45) is 5.92 Å². The number of piperidine rings is 1. The quantitative estimate of drug-likeness (QED) is 0.875. The lowest BCUT2D eigenvalue weighted by atomic mass is 9.96. The van der Waals surface area contributed by atoms with Crippen LogP contribution in [0.15, 0.2) is 24.3 Å². The molecule has 1 aliphatic rings. The standard InChI is InChI=1S/C17H26N2O2/c1-3-18-13-14-9-11-19(12-10-14)17(20)15-5-7-16(8-6-15)21-4-2/h5-8,14,18H,3-4,9-13H2,1-2H3. The summed E-state index contributed by atoms with van der Waals surface area (Å²) < 4.78 is 5.41. The van der Waals surface area contributed by atoms with E-state index in [1.165, 1.54) is 0 Å². The molecule has 1 saturated heterocycles. The maximum Gasteiger partial charge on any atom is 0.253 e. The van der Waals surface area contributed by atoms with Gasteiger partial charge in [-0.2, -0.15) is 0 Å². The number of hydrogen-bond donors (Lipinski definition) is 1. The number of ether oxygens (including phenoxy) is 1. The minimum Gasteiger partial charge on any atom is -0.494 e. The van der Waals surface area contributed by atoms with Crippen LogP contribution in [0.25, 0.3) is 0 Å². The lowest BCUT2D eigenvalue weighted by Crippen LogP contribution is -2.40. The van der Waals surface area contributed by atoms with E-state index in [-0.39, 0.29) is 5.91 Å². The van der Waals surface area contributed by atoms with Crippen molar-refractivity contribution in [3.05, 3.63) is 29.8 Å². The fourth-order valence-electron chi connectivity index (χ4n) is 2.73. The zero-order chi connectivity index (χ0) is 15.1. The second-order valence-electron chi connectivity index (χ2n) is 5.50. The number of nitrogens with zero attached hydrogens (tertiary/aromatic N) is 1. The Labute approximate surface area is 127 Å². The van der Waals surface area contributed by atoms with Crippen molar-refractivity contribution in [3.63, 3.8) is 0 Å². The first kappa shape index (κ1) is 15.8. The highest BCUT2D eigenvalue weighted by Crippen LogP contribution is 2.19. The Morgan fingerprint density at radius 1 is 1.24 bits per heavy atom. The fraction of sp³-hybridized carbons (Fsp3) is 0.588. The number of amides is 1. The topological polar surface area (TPSA) is 41.6 Å². The molecular formula is C17H26N2O2. The minimum atomic E-state index is 0.139. The molecule has 21 heavy (non-hydrogen) atoms. The summed E-state index contributed by atoms with van der Waals surface area (Å²) in [4.78, 5) is 14.4. The van der Waals surface area contributed by atoms with Gasteiger partial charge in [0.15, 0.2) is 0 Å². The van der Waals surface area contributed by atoms with E-state index in [0.29, 0.717) is 12.5 Å². The molecule has 1 heterocycles. The molecule has 0 aliphatic carbocycles. The Morgan fingerprint density at radius 3 is 2.48 bits per heavy atom. The molecule has 116 valence electrons. The molecule has 0 aromatic heterocycles. The number of nitrogens with one attached hydrogen (secondary N) is 1. The number of likely N-dealkylation sites (tertiary alicyclic amines) is 1. The summed E-state index contributed by atoms with van der Waals surface area (Å²) in [6.45, 7) is 8.55. The van der Waals surface area contributed by atoms with Gasteiger partial charge in [-0.25, -0.2) is 0 Å². The number of benzene rings is 1. The van der Waals surface area contributed by atoms with Gasteiger partial charge in [-0.3, -0.25) is 4.79 Å². The van der Waals surface area contributed by atoms with E-state index in [1.807, 2.05) is 36.1 Å². The van der Waals surface area contributed by atoms with Gasteiger partial charge in [-0.1, -0.05) is 6.92 Å². The van der Waals surface area contributed by atoms with Crippen LogP contribution in [0.1, 0.15) is 37.0 Å². The molecule has 0 radical (unpaired) electrons. The Balaban J connectivity index is 1.86. The molecule has 0 atom stereocenters. The number of hydrogen-bond acceptors (Lipinski definition) is 3. The third-order valence-electron chi connectivity index (χ3n) is 4.00. The summed E-state index contributed by atoms with van der Waals surface area (Å²) in [6.07, 6.45) is 2.19. The summed E-state index contributed by atoms with van der Waals surface area (Å²) in [7, 11) is 0. The molecule has 0 spiro atoms. The van der Waals surface area contributed by atoms with Crippen molar-refractivity contribution in [3.8, 4) is 5.75 Å². The normalized spacial score (nSPS) is 16.0. The average Bonchev–Trinajstić information content (AvgIpc) is 2.54. The van der Waals surface area contributed by atoms with Gasteiger partial charge in [0, 0.05) is 18.7 Å². The molecule has 0 bridgehead atoms. The van der Waals surface area contributed by atoms with Crippen molar-refractivity contribution in [1.82, 2.24) is 10.2 Å². The van der Waals surface area contributed by atoms with Crippen molar-refractivity contribution in [1.29, 1.82) is 0 Å². The summed E-state index contributed by atoms with van der Waals surface area (Å²) in [5.41, 5.74) is 0.753. The maximum absolute atomic E-state index is 12.5. The van der Waals surface area contributed by atoms with Crippen LogP contribution in [0.3, 0.4) is 0 Å². The van der Waals surface area contributed by atoms with Gasteiger partial charge in [0.25, 0.3) is 5.91 Å². The predicted octanol–water partition coefficient (Wildman–Crippen LogP) is 2.55. The second-order valence-corrected chi connectivity index (χ2v) is 5.50. The summed E-state index contributed by atoms with van der Waals surface area (Å²) in [5.74, 6) is 1.66. The molecule has 1 amide bonds. The third kappa shape index (κ3) is 4.46. The monoisotopic (exact) mass is 290 g/mol. The minimum absolute atomic E-state index is 0.139. The summed E-state index contributed by atoms with van der Waals surface area (Å²) in [6, 6.07) is 7.46. The number of carbonyl (C=O) groups excluding carboxylic acids is 1. The first-order valence-electron chi connectivity index (χ1n) is 7.97. The van der Waals surface area contributed by atoms with Gasteiger partial charge in [-0.05, 0) is 63.0 Å². The van der Waals surface area contributed by atoms with Crippen LogP contribution in [0.5, 0.6) is 5.75 Å². The van der Waals surface area contributed by atoms with Gasteiger partial charge in [0.05, 0.1) is 6.61 Å². The molecule has 1 aliphatic heterocycles. The molecule has 1 aromatic rings. The van der Waals surface area contributed by atoms with Crippen LogP contribution in [-0.2, 0) is 0 Å². The third-order valence-corrected chi connectivity index (χ3v) is 4.00. The zero-order valence-corrected chi connectivity index (χ0v) is 13.1. The number of rotatable bonds is 6. The largest absolute Gasteiger partial charge is 0.494 e. The lowest BCUT2D eigenvalue weighted by molar-refractivity contribution is 0.0690. The molecule has 0 unspecified atom stereocenters. The van der Waals surface area contributed by atoms with Gasteiger partial charge in [-0.15, -0.1) is 0 Å². The van der Waals surface area contributed by atoms with E-state index in [9.17, 15) is 4.79 Å². The zero-order valence-electron chi connectivity index (χ0n) is 13.1. The Kier molecular flexibility index (Phi) is 6.05. The van der Waals surface area contributed by atoms with E-state index in [4.69, 9.17) is 4.74 Å². The highest BCUT2D eigenvalue weighted by Gasteiger charge is 2.23. The van der Waals surface area contributed by atoms with Crippen LogP contribution in [0.4, 0.5) is 0 Å². The van der Waals surface area contributed by atoms with E-state index in [2.05, 4.69) is 12.2 Å². The molecule has 0 saturated carbocycles.